The Bertz CT molecular complexity index is 359. The molecular formula is C14H17FO. The van der Waals surface area contributed by atoms with E-state index in [-0.39, 0.29) is 5.82 Å². The lowest BCUT2D eigenvalue weighted by atomic mass is 10.1. The molecule has 1 aromatic carbocycles. The lowest BCUT2D eigenvalue weighted by Crippen LogP contribution is -1.93. The summed E-state index contributed by atoms with van der Waals surface area (Å²) < 4.78 is 12.6. The van der Waals surface area contributed by atoms with Crippen molar-refractivity contribution in [3.63, 3.8) is 0 Å². The molecule has 0 fully saturated rings. The number of halogens is 1. The SMILES string of the molecule is CCCCCC#CC(O)c1ccc(F)cc1. The molecule has 1 aromatic rings. The predicted molar refractivity (Wildman–Crippen MR) is 63.3 cm³/mol. The van der Waals surface area contributed by atoms with E-state index in [1.807, 2.05) is 0 Å². The van der Waals surface area contributed by atoms with Crippen LogP contribution in [0.2, 0.25) is 0 Å². The average Bonchev–Trinajstić information content (AvgIpc) is 2.29. The summed E-state index contributed by atoms with van der Waals surface area (Å²) in [7, 11) is 0. The van der Waals surface area contributed by atoms with Gasteiger partial charge in [0.15, 0.2) is 0 Å². The Balaban J connectivity index is 2.45. The maximum atomic E-state index is 12.6. The third-order valence-electron chi connectivity index (χ3n) is 2.33. The zero-order chi connectivity index (χ0) is 11.8. The summed E-state index contributed by atoms with van der Waals surface area (Å²) >= 11 is 0. The summed E-state index contributed by atoms with van der Waals surface area (Å²) in [4.78, 5) is 0. The monoisotopic (exact) mass is 220 g/mol. The van der Waals surface area contributed by atoms with Crippen LogP contribution < -0.4 is 0 Å². The number of unbranched alkanes of at least 4 members (excludes halogenated alkanes) is 3. The quantitative estimate of drug-likeness (QED) is 0.608. The Morgan fingerprint density at radius 3 is 2.56 bits per heavy atom. The number of hydrogen-bond donors (Lipinski definition) is 1. The van der Waals surface area contributed by atoms with Crippen molar-refractivity contribution >= 4 is 0 Å². The Kier molecular flexibility index (Phi) is 5.60. The molecular weight excluding hydrogens is 203 g/mol. The highest BCUT2D eigenvalue weighted by Crippen LogP contribution is 2.12. The molecule has 0 aliphatic rings. The van der Waals surface area contributed by atoms with Crippen LogP contribution >= 0.6 is 0 Å². The summed E-state index contributed by atoms with van der Waals surface area (Å²) in [5.74, 6) is 5.40. The van der Waals surface area contributed by atoms with Crippen LogP contribution in [0.1, 0.15) is 44.3 Å². The zero-order valence-corrected chi connectivity index (χ0v) is 9.54. The van der Waals surface area contributed by atoms with Crippen molar-refractivity contribution in [2.45, 2.75) is 38.7 Å². The normalized spacial score (nSPS) is 11.7. The van der Waals surface area contributed by atoms with Gasteiger partial charge in [0.1, 0.15) is 11.9 Å². The van der Waals surface area contributed by atoms with Crippen molar-refractivity contribution in [2.75, 3.05) is 0 Å². The van der Waals surface area contributed by atoms with E-state index < -0.39 is 6.10 Å². The van der Waals surface area contributed by atoms with Gasteiger partial charge in [-0.25, -0.2) is 4.39 Å². The van der Waals surface area contributed by atoms with Crippen LogP contribution in [0.25, 0.3) is 0 Å². The Morgan fingerprint density at radius 2 is 1.94 bits per heavy atom. The fourth-order valence-corrected chi connectivity index (χ4v) is 1.36. The summed E-state index contributed by atoms with van der Waals surface area (Å²) in [6.45, 7) is 2.14. The topological polar surface area (TPSA) is 20.2 Å². The first-order valence-electron chi connectivity index (χ1n) is 5.66. The number of benzene rings is 1. The second-order valence-electron chi connectivity index (χ2n) is 3.73. The van der Waals surface area contributed by atoms with Gasteiger partial charge in [0.2, 0.25) is 0 Å². The summed E-state index contributed by atoms with van der Waals surface area (Å²) in [6.07, 6.45) is 3.41. The van der Waals surface area contributed by atoms with Crippen LogP contribution in [0.15, 0.2) is 24.3 Å². The van der Waals surface area contributed by atoms with Gasteiger partial charge in [-0.1, -0.05) is 37.8 Å². The summed E-state index contributed by atoms with van der Waals surface area (Å²) in [6, 6.07) is 5.77. The molecule has 0 spiro atoms. The maximum Gasteiger partial charge on any atom is 0.140 e. The van der Waals surface area contributed by atoms with Crippen molar-refractivity contribution in [3.8, 4) is 11.8 Å². The lowest BCUT2D eigenvalue weighted by molar-refractivity contribution is 0.238. The fourth-order valence-electron chi connectivity index (χ4n) is 1.36. The van der Waals surface area contributed by atoms with Crippen molar-refractivity contribution in [1.29, 1.82) is 0 Å². The number of rotatable bonds is 4. The van der Waals surface area contributed by atoms with E-state index in [1.165, 1.54) is 25.0 Å². The smallest absolute Gasteiger partial charge is 0.140 e. The van der Waals surface area contributed by atoms with E-state index in [0.717, 1.165) is 12.8 Å². The van der Waals surface area contributed by atoms with Gasteiger partial charge in [-0.15, -0.1) is 5.92 Å². The number of aliphatic hydroxyl groups excluding tert-OH is 1. The molecule has 0 aliphatic heterocycles. The molecule has 1 rings (SSSR count). The van der Waals surface area contributed by atoms with E-state index in [0.29, 0.717) is 5.56 Å². The molecule has 2 heteroatoms. The lowest BCUT2D eigenvalue weighted by Gasteiger charge is -2.02. The molecule has 1 unspecified atom stereocenters. The highest BCUT2D eigenvalue weighted by molar-refractivity contribution is 5.25. The molecule has 0 saturated carbocycles. The fraction of sp³-hybridized carbons (Fsp3) is 0.429. The van der Waals surface area contributed by atoms with E-state index in [9.17, 15) is 9.50 Å². The van der Waals surface area contributed by atoms with Gasteiger partial charge in [-0.3, -0.25) is 0 Å². The largest absolute Gasteiger partial charge is 0.376 e. The molecule has 1 atom stereocenters. The van der Waals surface area contributed by atoms with E-state index in [1.54, 1.807) is 12.1 Å². The standard InChI is InChI=1S/C14H17FO/c1-2-3-4-5-6-7-14(16)12-8-10-13(15)11-9-12/h8-11,14,16H,2-5H2,1H3. The predicted octanol–water partition coefficient (Wildman–Crippen LogP) is 3.44. The molecule has 0 amide bonds. The van der Waals surface area contributed by atoms with Crippen LogP contribution in [-0.2, 0) is 0 Å². The molecule has 0 saturated heterocycles. The first-order valence-corrected chi connectivity index (χ1v) is 5.66. The van der Waals surface area contributed by atoms with E-state index in [2.05, 4.69) is 18.8 Å². The second kappa shape index (κ2) is 7.03. The third-order valence-corrected chi connectivity index (χ3v) is 2.33. The van der Waals surface area contributed by atoms with Crippen LogP contribution in [0.3, 0.4) is 0 Å². The molecule has 0 bridgehead atoms. The highest BCUT2D eigenvalue weighted by atomic mass is 19.1. The Morgan fingerprint density at radius 1 is 1.25 bits per heavy atom. The molecule has 86 valence electrons. The molecule has 0 aromatic heterocycles. The van der Waals surface area contributed by atoms with Gasteiger partial charge < -0.3 is 5.11 Å². The van der Waals surface area contributed by atoms with Crippen LogP contribution in [-0.4, -0.2) is 5.11 Å². The highest BCUT2D eigenvalue weighted by Gasteiger charge is 2.02. The van der Waals surface area contributed by atoms with Crippen LogP contribution in [0.5, 0.6) is 0 Å². The van der Waals surface area contributed by atoms with Crippen molar-refractivity contribution in [2.24, 2.45) is 0 Å². The first kappa shape index (κ1) is 12.7. The van der Waals surface area contributed by atoms with E-state index in [4.69, 9.17) is 0 Å². The van der Waals surface area contributed by atoms with Gasteiger partial charge in [0, 0.05) is 6.42 Å². The Labute approximate surface area is 96.3 Å². The van der Waals surface area contributed by atoms with Gasteiger partial charge in [-0.2, -0.15) is 0 Å². The average molecular weight is 220 g/mol. The molecule has 1 N–H and O–H groups in total. The van der Waals surface area contributed by atoms with Crippen molar-refractivity contribution in [1.82, 2.24) is 0 Å². The first-order chi connectivity index (χ1) is 7.74. The number of aliphatic hydroxyl groups is 1. The molecule has 0 aliphatic carbocycles. The summed E-state index contributed by atoms with van der Waals surface area (Å²) in [5.41, 5.74) is 0.643. The van der Waals surface area contributed by atoms with Gasteiger partial charge in [0.25, 0.3) is 0 Å². The Hall–Kier alpha value is -1.33. The van der Waals surface area contributed by atoms with Gasteiger partial charge in [-0.05, 0) is 24.1 Å². The summed E-state index contributed by atoms with van der Waals surface area (Å²) in [5, 5.41) is 9.67. The molecule has 0 radical (unpaired) electrons. The molecule has 0 heterocycles. The molecule has 16 heavy (non-hydrogen) atoms. The van der Waals surface area contributed by atoms with Gasteiger partial charge in [0.05, 0.1) is 0 Å². The van der Waals surface area contributed by atoms with E-state index >= 15 is 0 Å². The third kappa shape index (κ3) is 4.46. The molecule has 1 nitrogen and oxygen atoms in total. The maximum absolute atomic E-state index is 12.6. The minimum atomic E-state index is -0.803. The minimum absolute atomic E-state index is 0.299. The van der Waals surface area contributed by atoms with Gasteiger partial charge >= 0.3 is 0 Å². The number of hydrogen-bond acceptors (Lipinski definition) is 1. The van der Waals surface area contributed by atoms with Crippen LogP contribution in [0.4, 0.5) is 4.39 Å². The van der Waals surface area contributed by atoms with Crippen molar-refractivity contribution in [3.05, 3.63) is 35.6 Å². The minimum Gasteiger partial charge on any atom is -0.376 e. The van der Waals surface area contributed by atoms with Crippen molar-refractivity contribution < 1.29 is 9.50 Å². The van der Waals surface area contributed by atoms with Crippen LogP contribution in [0, 0.1) is 17.7 Å². The zero-order valence-electron chi connectivity index (χ0n) is 9.54. The second-order valence-corrected chi connectivity index (χ2v) is 3.73.